The largest absolute Gasteiger partial charge is 0.469 e. The van der Waals surface area contributed by atoms with Crippen molar-refractivity contribution in [1.29, 1.82) is 0 Å². The van der Waals surface area contributed by atoms with Gasteiger partial charge >= 0.3 is 12.1 Å². The van der Waals surface area contributed by atoms with E-state index in [1.807, 2.05) is 13.8 Å². The van der Waals surface area contributed by atoms with Gasteiger partial charge in [-0.3, -0.25) is 19.7 Å². The van der Waals surface area contributed by atoms with Gasteiger partial charge in [0, 0.05) is 38.2 Å². The van der Waals surface area contributed by atoms with Gasteiger partial charge in [0.25, 0.3) is 5.69 Å². The van der Waals surface area contributed by atoms with Gasteiger partial charge in [-0.1, -0.05) is 13.8 Å². The lowest BCUT2D eigenvalue weighted by Crippen LogP contribution is -2.44. The van der Waals surface area contributed by atoms with Crippen molar-refractivity contribution in [3.05, 3.63) is 33.9 Å². The first-order valence-electron chi connectivity index (χ1n) is 10.4. The summed E-state index contributed by atoms with van der Waals surface area (Å²) in [6.07, 6.45) is -3.77. The molecule has 1 fully saturated rings. The van der Waals surface area contributed by atoms with Crippen molar-refractivity contribution in [3.63, 3.8) is 0 Å². The molecule has 1 aromatic carbocycles. The summed E-state index contributed by atoms with van der Waals surface area (Å²) in [4.78, 5) is 38.3. The van der Waals surface area contributed by atoms with Gasteiger partial charge in [0.05, 0.1) is 24.0 Å². The Kier molecular flexibility index (Phi) is 8.45. The minimum atomic E-state index is -4.67. The molecule has 178 valence electrons. The highest BCUT2D eigenvalue weighted by atomic mass is 19.4. The zero-order valence-corrected chi connectivity index (χ0v) is 18.4. The molecule has 1 saturated heterocycles. The van der Waals surface area contributed by atoms with Crippen molar-refractivity contribution in [2.24, 2.45) is 11.8 Å². The number of halogens is 3. The summed E-state index contributed by atoms with van der Waals surface area (Å²) in [5.41, 5.74) is -1.57. The number of rotatable bonds is 8. The molecule has 0 bridgehead atoms. The van der Waals surface area contributed by atoms with E-state index >= 15 is 0 Å². The fraction of sp³-hybridized carbons (Fsp3) is 0.619. The van der Waals surface area contributed by atoms with Crippen molar-refractivity contribution in [2.75, 3.05) is 38.2 Å². The Morgan fingerprint density at radius 1 is 1.28 bits per heavy atom. The third-order valence-electron chi connectivity index (χ3n) is 5.40. The van der Waals surface area contributed by atoms with E-state index in [2.05, 4.69) is 4.74 Å². The van der Waals surface area contributed by atoms with E-state index in [0.717, 1.165) is 12.1 Å². The summed E-state index contributed by atoms with van der Waals surface area (Å²) in [7, 11) is 1.28. The Bertz CT molecular complexity index is 836. The standard InChI is InChI=1S/C21H28F3N3O5/c1-14(2)13-26(11-8-19(28)32-3)20(29)15-6-9-25(10-7-15)17-5-4-16(21(22,23)24)12-18(17)27(30)31/h4-5,12,14-15H,6-11,13H2,1-3H3. The second kappa shape index (κ2) is 10.6. The Hall–Kier alpha value is -2.85. The lowest BCUT2D eigenvalue weighted by atomic mass is 9.94. The zero-order valence-electron chi connectivity index (χ0n) is 18.4. The minimum absolute atomic E-state index is 0.0888. The van der Waals surface area contributed by atoms with Crippen molar-refractivity contribution >= 4 is 23.3 Å². The lowest BCUT2D eigenvalue weighted by Gasteiger charge is -2.35. The van der Waals surface area contributed by atoms with Crippen molar-refractivity contribution in [3.8, 4) is 0 Å². The van der Waals surface area contributed by atoms with Crippen LogP contribution in [0.3, 0.4) is 0 Å². The molecule has 0 aromatic heterocycles. The maximum atomic E-state index is 13.0. The zero-order chi connectivity index (χ0) is 24.1. The van der Waals surface area contributed by atoms with Gasteiger partial charge in [0.2, 0.25) is 5.91 Å². The molecule has 0 spiro atoms. The van der Waals surface area contributed by atoms with Crippen molar-refractivity contribution in [2.45, 2.75) is 39.3 Å². The number of ether oxygens (including phenoxy) is 1. The number of amides is 1. The van der Waals surface area contributed by atoms with E-state index in [9.17, 15) is 32.9 Å². The number of anilines is 1. The van der Waals surface area contributed by atoms with Crippen LogP contribution in [0.1, 0.15) is 38.7 Å². The second-order valence-corrected chi connectivity index (χ2v) is 8.22. The Balaban J connectivity index is 2.10. The van der Waals surface area contributed by atoms with E-state index in [-0.39, 0.29) is 36.4 Å². The monoisotopic (exact) mass is 459 g/mol. The number of nitro benzene ring substituents is 1. The molecule has 8 nitrogen and oxygen atoms in total. The fourth-order valence-electron chi connectivity index (χ4n) is 3.80. The second-order valence-electron chi connectivity index (χ2n) is 8.22. The van der Waals surface area contributed by atoms with Crippen LogP contribution in [0.2, 0.25) is 0 Å². The number of methoxy groups -OCH3 is 1. The van der Waals surface area contributed by atoms with Gasteiger partial charge in [-0.15, -0.1) is 0 Å². The third-order valence-corrected chi connectivity index (χ3v) is 5.40. The number of piperidine rings is 1. The molecule has 1 heterocycles. The van der Waals surface area contributed by atoms with E-state index in [1.165, 1.54) is 7.11 Å². The first-order valence-corrected chi connectivity index (χ1v) is 10.4. The summed E-state index contributed by atoms with van der Waals surface area (Å²) >= 11 is 0. The van der Waals surface area contributed by atoms with Gasteiger partial charge in [-0.05, 0) is 30.9 Å². The van der Waals surface area contributed by atoms with Crippen LogP contribution in [0.15, 0.2) is 18.2 Å². The number of alkyl halides is 3. The maximum Gasteiger partial charge on any atom is 0.416 e. The highest BCUT2D eigenvalue weighted by molar-refractivity contribution is 5.80. The highest BCUT2D eigenvalue weighted by Crippen LogP contribution is 2.37. The molecule has 1 aliphatic heterocycles. The van der Waals surface area contributed by atoms with Gasteiger partial charge in [-0.2, -0.15) is 13.2 Å². The number of hydrogen-bond acceptors (Lipinski definition) is 6. The average Bonchev–Trinajstić information content (AvgIpc) is 2.74. The fourth-order valence-corrected chi connectivity index (χ4v) is 3.80. The van der Waals surface area contributed by atoms with Crippen LogP contribution in [-0.2, 0) is 20.5 Å². The highest BCUT2D eigenvalue weighted by Gasteiger charge is 2.35. The third kappa shape index (κ3) is 6.57. The molecule has 1 amide bonds. The normalized spacial score (nSPS) is 15.0. The summed E-state index contributed by atoms with van der Waals surface area (Å²) in [6.45, 7) is 5.26. The van der Waals surface area contributed by atoms with Crippen LogP contribution in [0.5, 0.6) is 0 Å². The molecular formula is C21H28F3N3O5. The SMILES string of the molecule is COC(=O)CCN(CC(C)C)C(=O)C1CCN(c2ccc(C(F)(F)F)cc2[N+](=O)[O-])CC1. The molecule has 0 saturated carbocycles. The van der Waals surface area contributed by atoms with Gasteiger partial charge < -0.3 is 14.5 Å². The van der Waals surface area contributed by atoms with E-state index < -0.39 is 28.3 Å². The molecule has 2 rings (SSSR count). The smallest absolute Gasteiger partial charge is 0.416 e. The van der Waals surface area contributed by atoms with Gasteiger partial charge in [-0.25, -0.2) is 0 Å². The summed E-state index contributed by atoms with van der Waals surface area (Å²) in [5, 5.41) is 11.4. The quantitative estimate of drug-likeness (QED) is 0.333. The van der Waals surface area contributed by atoms with Gasteiger partial charge in [0.1, 0.15) is 5.69 Å². The molecule has 0 atom stereocenters. The minimum Gasteiger partial charge on any atom is -0.469 e. The van der Waals surface area contributed by atoms with E-state index in [4.69, 9.17) is 0 Å². The average molecular weight is 459 g/mol. The Morgan fingerprint density at radius 3 is 2.41 bits per heavy atom. The molecule has 0 N–H and O–H groups in total. The molecule has 0 unspecified atom stereocenters. The Morgan fingerprint density at radius 2 is 1.91 bits per heavy atom. The molecular weight excluding hydrogens is 431 g/mol. The number of hydrogen-bond donors (Lipinski definition) is 0. The van der Waals surface area contributed by atoms with Crippen LogP contribution >= 0.6 is 0 Å². The number of carbonyl (C=O) groups excluding carboxylic acids is 2. The summed E-state index contributed by atoms with van der Waals surface area (Å²) < 4.78 is 43.5. The topological polar surface area (TPSA) is 93.0 Å². The molecule has 1 aliphatic rings. The van der Waals surface area contributed by atoms with Crippen LogP contribution in [-0.4, -0.2) is 55.0 Å². The molecule has 11 heteroatoms. The summed E-state index contributed by atoms with van der Waals surface area (Å²) in [5.74, 6) is -0.622. The lowest BCUT2D eigenvalue weighted by molar-refractivity contribution is -0.384. The molecule has 0 aliphatic carbocycles. The molecule has 32 heavy (non-hydrogen) atoms. The number of nitrogens with zero attached hydrogens (tertiary/aromatic N) is 3. The van der Waals surface area contributed by atoms with Crippen LogP contribution in [0.4, 0.5) is 24.5 Å². The first-order chi connectivity index (χ1) is 14.9. The number of nitro groups is 1. The number of benzene rings is 1. The van der Waals surface area contributed by atoms with E-state index in [0.29, 0.717) is 38.5 Å². The number of carbonyl (C=O) groups is 2. The van der Waals surface area contributed by atoms with Crippen LogP contribution in [0, 0.1) is 22.0 Å². The number of esters is 1. The maximum absolute atomic E-state index is 13.0. The molecule has 1 aromatic rings. The van der Waals surface area contributed by atoms with Crippen molar-refractivity contribution < 1.29 is 32.4 Å². The summed E-state index contributed by atoms with van der Waals surface area (Å²) in [6, 6.07) is 2.49. The van der Waals surface area contributed by atoms with Crippen LogP contribution < -0.4 is 4.90 Å². The van der Waals surface area contributed by atoms with Crippen molar-refractivity contribution in [1.82, 2.24) is 4.90 Å². The Labute approximate surface area is 184 Å². The predicted octanol–water partition coefficient (Wildman–Crippen LogP) is 3.88. The molecule has 0 radical (unpaired) electrons. The van der Waals surface area contributed by atoms with E-state index in [1.54, 1.807) is 9.80 Å². The first kappa shape index (κ1) is 25.4. The van der Waals surface area contributed by atoms with Gasteiger partial charge in [0.15, 0.2) is 0 Å². The predicted molar refractivity (Wildman–Crippen MR) is 111 cm³/mol. The van der Waals surface area contributed by atoms with Crippen LogP contribution in [0.25, 0.3) is 0 Å².